The number of nitrogens with one attached hydrogen (secondary N) is 1. The first-order chi connectivity index (χ1) is 8.56. The molecule has 104 valence electrons. The number of hydrogen-bond acceptors (Lipinski definition) is 4. The van der Waals surface area contributed by atoms with Crippen LogP contribution in [0.4, 0.5) is 0 Å². The normalized spacial score (nSPS) is 19.0. The molecule has 1 atom stereocenters. The van der Waals surface area contributed by atoms with Gasteiger partial charge in [-0.25, -0.2) is 4.79 Å². The van der Waals surface area contributed by atoms with Gasteiger partial charge in [0.15, 0.2) is 0 Å². The summed E-state index contributed by atoms with van der Waals surface area (Å²) >= 11 is 0. The Kier molecular flexibility index (Phi) is 6.07. The van der Waals surface area contributed by atoms with E-state index in [-0.39, 0.29) is 5.91 Å². The lowest BCUT2D eigenvalue weighted by atomic mass is 10.2. The van der Waals surface area contributed by atoms with Gasteiger partial charge in [-0.05, 0) is 25.9 Å². The monoisotopic (exact) mass is 257 g/mol. The molecule has 0 radical (unpaired) electrons. The van der Waals surface area contributed by atoms with Crippen molar-refractivity contribution in [2.24, 2.45) is 0 Å². The Morgan fingerprint density at radius 1 is 1.39 bits per heavy atom. The summed E-state index contributed by atoms with van der Waals surface area (Å²) in [4.78, 5) is 26.5. The van der Waals surface area contributed by atoms with Gasteiger partial charge in [0.1, 0.15) is 6.04 Å². The second kappa shape index (κ2) is 7.33. The van der Waals surface area contributed by atoms with Gasteiger partial charge in [0.2, 0.25) is 5.91 Å². The van der Waals surface area contributed by atoms with E-state index in [1.165, 1.54) is 4.90 Å². The Morgan fingerprint density at radius 3 is 2.72 bits per heavy atom. The number of likely N-dealkylation sites (N-methyl/N-ethyl adjacent to an activating group) is 1. The topological polar surface area (TPSA) is 72.9 Å². The molecule has 18 heavy (non-hydrogen) atoms. The maximum atomic E-state index is 12.0. The van der Waals surface area contributed by atoms with E-state index < -0.39 is 12.0 Å². The zero-order chi connectivity index (χ0) is 13.5. The van der Waals surface area contributed by atoms with Gasteiger partial charge in [0, 0.05) is 20.1 Å². The van der Waals surface area contributed by atoms with E-state index in [4.69, 9.17) is 5.11 Å². The van der Waals surface area contributed by atoms with E-state index in [1.807, 2.05) is 0 Å². The van der Waals surface area contributed by atoms with Gasteiger partial charge in [0.05, 0.1) is 6.54 Å². The molecule has 0 spiro atoms. The number of carbonyl (C=O) groups excluding carboxylic acids is 1. The molecule has 0 aromatic heterocycles. The molecule has 1 aliphatic heterocycles. The molecular formula is C12H23N3O3. The van der Waals surface area contributed by atoms with Crippen LogP contribution < -0.4 is 5.32 Å². The van der Waals surface area contributed by atoms with Crippen molar-refractivity contribution in [1.82, 2.24) is 15.1 Å². The molecule has 1 rings (SSSR count). The Bertz CT molecular complexity index is 288. The summed E-state index contributed by atoms with van der Waals surface area (Å²) in [5.74, 6) is -1.06. The van der Waals surface area contributed by atoms with Crippen LogP contribution in [-0.4, -0.2) is 72.6 Å². The van der Waals surface area contributed by atoms with E-state index >= 15 is 0 Å². The maximum Gasteiger partial charge on any atom is 0.326 e. The van der Waals surface area contributed by atoms with Crippen molar-refractivity contribution in [3.63, 3.8) is 0 Å². The number of carboxylic acids is 1. The average molecular weight is 257 g/mol. The highest BCUT2D eigenvalue weighted by Crippen LogP contribution is 2.04. The first kappa shape index (κ1) is 14.9. The fraction of sp³-hybridized carbons (Fsp3) is 0.833. The molecule has 1 aliphatic rings. The summed E-state index contributed by atoms with van der Waals surface area (Å²) < 4.78 is 0. The molecular weight excluding hydrogens is 234 g/mol. The van der Waals surface area contributed by atoms with Crippen molar-refractivity contribution in [2.75, 3.05) is 39.8 Å². The zero-order valence-electron chi connectivity index (χ0n) is 11.2. The Balaban J connectivity index is 2.49. The first-order valence-corrected chi connectivity index (χ1v) is 6.47. The second-order valence-electron chi connectivity index (χ2n) is 4.65. The molecule has 0 saturated carbocycles. The van der Waals surface area contributed by atoms with Crippen LogP contribution in [0.5, 0.6) is 0 Å². The molecule has 0 aromatic carbocycles. The Morgan fingerprint density at radius 2 is 2.11 bits per heavy atom. The van der Waals surface area contributed by atoms with E-state index in [0.717, 1.165) is 32.6 Å². The number of carbonyl (C=O) groups is 2. The molecule has 6 nitrogen and oxygen atoms in total. The van der Waals surface area contributed by atoms with Gasteiger partial charge in [-0.2, -0.15) is 0 Å². The summed E-state index contributed by atoms with van der Waals surface area (Å²) in [5, 5.41) is 12.3. The third-order valence-corrected chi connectivity index (χ3v) is 3.32. The minimum atomic E-state index is -0.939. The lowest BCUT2D eigenvalue weighted by Gasteiger charge is -2.27. The smallest absolute Gasteiger partial charge is 0.326 e. The molecule has 0 aromatic rings. The Hall–Kier alpha value is -1.14. The number of hydrogen-bond donors (Lipinski definition) is 2. The average Bonchev–Trinajstić information content (AvgIpc) is 2.57. The van der Waals surface area contributed by atoms with Crippen LogP contribution in [0.1, 0.15) is 19.8 Å². The highest BCUT2D eigenvalue weighted by Gasteiger charge is 2.25. The number of nitrogens with zero attached hydrogens (tertiary/aromatic N) is 2. The summed E-state index contributed by atoms with van der Waals surface area (Å²) in [6, 6.07) is -0.720. The van der Waals surface area contributed by atoms with Gasteiger partial charge in [-0.3, -0.25) is 9.69 Å². The van der Waals surface area contributed by atoms with Crippen LogP contribution in [0.25, 0.3) is 0 Å². The number of amides is 1. The molecule has 6 heteroatoms. The highest BCUT2D eigenvalue weighted by atomic mass is 16.4. The molecule has 0 bridgehead atoms. The maximum absolute atomic E-state index is 12.0. The predicted molar refractivity (Wildman–Crippen MR) is 68.4 cm³/mol. The molecule has 1 fully saturated rings. The molecule has 1 saturated heterocycles. The minimum Gasteiger partial charge on any atom is -0.480 e. The van der Waals surface area contributed by atoms with Crippen molar-refractivity contribution >= 4 is 11.9 Å². The van der Waals surface area contributed by atoms with Crippen LogP contribution >= 0.6 is 0 Å². The fourth-order valence-electron chi connectivity index (χ4n) is 2.15. The number of rotatable bonds is 5. The van der Waals surface area contributed by atoms with Gasteiger partial charge in [0.25, 0.3) is 0 Å². The molecule has 0 aliphatic carbocycles. The van der Waals surface area contributed by atoms with Gasteiger partial charge < -0.3 is 15.3 Å². The van der Waals surface area contributed by atoms with Gasteiger partial charge in [-0.1, -0.05) is 6.92 Å². The Labute approximate surface area is 108 Å². The van der Waals surface area contributed by atoms with E-state index in [0.29, 0.717) is 13.0 Å². The van der Waals surface area contributed by atoms with Gasteiger partial charge in [-0.15, -0.1) is 0 Å². The van der Waals surface area contributed by atoms with E-state index in [9.17, 15) is 9.59 Å². The zero-order valence-corrected chi connectivity index (χ0v) is 11.2. The third kappa shape index (κ3) is 4.27. The van der Waals surface area contributed by atoms with Crippen molar-refractivity contribution in [1.29, 1.82) is 0 Å². The second-order valence-corrected chi connectivity index (χ2v) is 4.65. The lowest BCUT2D eigenvalue weighted by molar-refractivity contribution is -0.149. The summed E-state index contributed by atoms with van der Waals surface area (Å²) in [6.07, 6.45) is 1.45. The molecule has 1 heterocycles. The van der Waals surface area contributed by atoms with Crippen LogP contribution in [0.15, 0.2) is 0 Å². The van der Waals surface area contributed by atoms with Crippen LogP contribution in [-0.2, 0) is 9.59 Å². The fourth-order valence-corrected chi connectivity index (χ4v) is 2.15. The van der Waals surface area contributed by atoms with E-state index in [2.05, 4.69) is 10.2 Å². The standard InChI is InChI=1S/C12H23N3O3/c1-3-10(12(17)18)14(2)11(16)9-15-7-4-5-13-6-8-15/h10,13H,3-9H2,1-2H3,(H,17,18). The van der Waals surface area contributed by atoms with Crippen LogP contribution in [0, 0.1) is 0 Å². The molecule has 1 amide bonds. The number of aliphatic carboxylic acids is 1. The van der Waals surface area contributed by atoms with Crippen molar-refractivity contribution < 1.29 is 14.7 Å². The molecule has 1 unspecified atom stereocenters. The third-order valence-electron chi connectivity index (χ3n) is 3.32. The van der Waals surface area contributed by atoms with Crippen molar-refractivity contribution in [2.45, 2.75) is 25.8 Å². The number of carboxylic acid groups (broad SMARTS) is 1. The largest absolute Gasteiger partial charge is 0.480 e. The summed E-state index contributed by atoms with van der Waals surface area (Å²) in [6.45, 7) is 5.67. The van der Waals surface area contributed by atoms with E-state index in [1.54, 1.807) is 14.0 Å². The van der Waals surface area contributed by atoms with Crippen LogP contribution in [0.2, 0.25) is 0 Å². The predicted octanol–water partition coefficient (Wildman–Crippen LogP) is -0.397. The van der Waals surface area contributed by atoms with Gasteiger partial charge >= 0.3 is 5.97 Å². The summed E-state index contributed by atoms with van der Waals surface area (Å²) in [5.41, 5.74) is 0. The summed E-state index contributed by atoms with van der Waals surface area (Å²) in [7, 11) is 1.57. The van der Waals surface area contributed by atoms with Crippen molar-refractivity contribution in [3.8, 4) is 0 Å². The first-order valence-electron chi connectivity index (χ1n) is 6.47. The lowest BCUT2D eigenvalue weighted by Crippen LogP contribution is -2.47. The van der Waals surface area contributed by atoms with Crippen molar-refractivity contribution in [3.05, 3.63) is 0 Å². The van der Waals surface area contributed by atoms with Crippen LogP contribution in [0.3, 0.4) is 0 Å². The highest BCUT2D eigenvalue weighted by molar-refractivity contribution is 5.84. The quantitative estimate of drug-likeness (QED) is 0.701. The SMILES string of the molecule is CCC(C(=O)O)N(C)C(=O)CN1CCCNCC1. The minimum absolute atomic E-state index is 0.119. The molecule has 2 N–H and O–H groups in total.